The van der Waals surface area contributed by atoms with Crippen LogP contribution in [0.2, 0.25) is 0 Å². The Labute approximate surface area is 163 Å². The molecule has 3 nitrogen and oxygen atoms in total. The van der Waals surface area contributed by atoms with Crippen molar-refractivity contribution in [3.05, 3.63) is 59.7 Å². The van der Waals surface area contributed by atoms with Crippen LogP contribution in [0.1, 0.15) is 48.9 Å². The molecule has 4 atom stereocenters. The summed E-state index contributed by atoms with van der Waals surface area (Å²) < 4.78 is 0. The molecular formula is C24H33NO2. The molecule has 0 saturated heterocycles. The highest BCUT2D eigenvalue weighted by Gasteiger charge is 2.43. The van der Waals surface area contributed by atoms with Crippen LogP contribution in [-0.2, 0) is 0 Å². The monoisotopic (exact) mass is 367 g/mol. The topological polar surface area (TPSA) is 40.5 Å². The highest BCUT2D eigenvalue weighted by Crippen LogP contribution is 2.48. The molecule has 1 fully saturated rings. The zero-order valence-corrected chi connectivity index (χ0v) is 16.7. The standard InChI is InChI=1S/C24H33NO2/c1-25(2)14-8-4-5-9-18-15-20-17-24(27)21(22(20)16-18)12-13-23(26)19-10-6-3-7-11-19/h3,6-7,10-13,15,20-22,24,27H,4-5,8-9,14,16-17H2,1-2H3/b13-12+/t20-,21+,22-,24+/m0/s1. The van der Waals surface area contributed by atoms with Crippen molar-refractivity contribution in [1.29, 1.82) is 0 Å². The second-order valence-electron chi connectivity index (χ2n) is 8.44. The van der Waals surface area contributed by atoms with E-state index < -0.39 is 0 Å². The molecule has 0 bridgehead atoms. The van der Waals surface area contributed by atoms with Gasteiger partial charge in [0.2, 0.25) is 0 Å². The first-order valence-electron chi connectivity index (χ1n) is 10.3. The predicted molar refractivity (Wildman–Crippen MR) is 111 cm³/mol. The maximum atomic E-state index is 12.3. The summed E-state index contributed by atoms with van der Waals surface area (Å²) in [6.45, 7) is 1.17. The van der Waals surface area contributed by atoms with Crippen molar-refractivity contribution in [2.75, 3.05) is 20.6 Å². The Morgan fingerprint density at radius 2 is 1.96 bits per heavy atom. The van der Waals surface area contributed by atoms with Crippen LogP contribution in [0.4, 0.5) is 0 Å². The molecule has 0 amide bonds. The number of benzene rings is 1. The van der Waals surface area contributed by atoms with Crippen molar-refractivity contribution >= 4 is 5.78 Å². The van der Waals surface area contributed by atoms with Gasteiger partial charge in [-0.15, -0.1) is 0 Å². The summed E-state index contributed by atoms with van der Waals surface area (Å²) in [7, 11) is 4.25. The summed E-state index contributed by atoms with van der Waals surface area (Å²) in [5, 5.41) is 10.5. The Hall–Kier alpha value is -1.71. The second kappa shape index (κ2) is 9.48. The minimum Gasteiger partial charge on any atom is -0.392 e. The van der Waals surface area contributed by atoms with E-state index in [0.29, 0.717) is 17.4 Å². The third kappa shape index (κ3) is 5.40. The molecule has 2 aliphatic rings. The SMILES string of the molecule is CN(C)CCCCCC1=C[C@H]2C[C@@H](O)[C@H](/C=C/C(=O)c3ccccc3)[C@H]2C1. The Balaban J connectivity index is 1.50. The van der Waals surface area contributed by atoms with E-state index >= 15 is 0 Å². The first-order valence-corrected chi connectivity index (χ1v) is 10.3. The zero-order chi connectivity index (χ0) is 19.2. The summed E-state index contributed by atoms with van der Waals surface area (Å²) in [6.07, 6.45) is 12.7. The number of allylic oxidation sites excluding steroid dienone is 3. The summed E-state index contributed by atoms with van der Waals surface area (Å²) in [6, 6.07) is 9.36. The van der Waals surface area contributed by atoms with Gasteiger partial charge < -0.3 is 10.0 Å². The Morgan fingerprint density at radius 3 is 2.70 bits per heavy atom. The van der Waals surface area contributed by atoms with E-state index in [1.807, 2.05) is 36.4 Å². The zero-order valence-electron chi connectivity index (χ0n) is 16.7. The number of hydrogen-bond donors (Lipinski definition) is 1. The quantitative estimate of drug-likeness (QED) is 0.303. The molecule has 1 saturated carbocycles. The number of rotatable bonds is 9. The van der Waals surface area contributed by atoms with Crippen LogP contribution in [0, 0.1) is 17.8 Å². The first kappa shape index (κ1) is 20.0. The minimum atomic E-state index is -0.322. The van der Waals surface area contributed by atoms with Crippen molar-refractivity contribution in [3.8, 4) is 0 Å². The third-order valence-corrected chi connectivity index (χ3v) is 6.08. The Kier molecular flexibility index (Phi) is 7.03. The molecule has 0 aliphatic heterocycles. The van der Waals surface area contributed by atoms with Gasteiger partial charge in [-0.25, -0.2) is 0 Å². The average molecular weight is 368 g/mol. The van der Waals surface area contributed by atoms with Crippen molar-refractivity contribution in [2.45, 2.75) is 44.6 Å². The number of carbonyl (C=O) groups excluding carboxylic acids is 1. The molecule has 0 unspecified atom stereocenters. The molecule has 0 spiro atoms. The van der Waals surface area contributed by atoms with E-state index in [9.17, 15) is 9.90 Å². The Morgan fingerprint density at radius 1 is 1.19 bits per heavy atom. The molecule has 0 radical (unpaired) electrons. The molecule has 0 aromatic heterocycles. The fraction of sp³-hybridized carbons (Fsp3) is 0.542. The highest BCUT2D eigenvalue weighted by molar-refractivity contribution is 6.04. The van der Waals surface area contributed by atoms with Gasteiger partial charge in [-0.05, 0) is 70.7 Å². The normalized spacial score (nSPS) is 27.3. The van der Waals surface area contributed by atoms with E-state index in [1.54, 1.807) is 11.6 Å². The first-order chi connectivity index (χ1) is 13.0. The van der Waals surface area contributed by atoms with E-state index in [4.69, 9.17) is 0 Å². The van der Waals surface area contributed by atoms with Crippen molar-refractivity contribution in [2.24, 2.45) is 17.8 Å². The number of carbonyl (C=O) groups is 1. The van der Waals surface area contributed by atoms with Gasteiger partial charge in [-0.2, -0.15) is 0 Å². The molecule has 1 N–H and O–H groups in total. The fourth-order valence-corrected chi connectivity index (χ4v) is 4.64. The number of fused-ring (bicyclic) bond motifs is 1. The summed E-state index contributed by atoms with van der Waals surface area (Å²) in [4.78, 5) is 14.6. The van der Waals surface area contributed by atoms with Crippen LogP contribution < -0.4 is 0 Å². The maximum Gasteiger partial charge on any atom is 0.185 e. The van der Waals surface area contributed by atoms with Gasteiger partial charge in [-0.3, -0.25) is 4.79 Å². The minimum absolute atomic E-state index is 0.0262. The van der Waals surface area contributed by atoms with Crippen molar-refractivity contribution in [1.82, 2.24) is 4.90 Å². The number of nitrogens with zero attached hydrogens (tertiary/aromatic N) is 1. The fourth-order valence-electron chi connectivity index (χ4n) is 4.64. The summed E-state index contributed by atoms with van der Waals surface area (Å²) in [5.74, 6) is 1.08. The number of aliphatic hydroxyl groups excluding tert-OH is 1. The largest absolute Gasteiger partial charge is 0.392 e. The third-order valence-electron chi connectivity index (χ3n) is 6.08. The lowest BCUT2D eigenvalue weighted by molar-refractivity contribution is 0.104. The molecule has 2 aliphatic carbocycles. The lowest BCUT2D eigenvalue weighted by atomic mass is 9.88. The van der Waals surface area contributed by atoms with Crippen LogP contribution in [0.25, 0.3) is 0 Å². The van der Waals surface area contributed by atoms with Crippen LogP contribution in [-0.4, -0.2) is 42.5 Å². The van der Waals surface area contributed by atoms with E-state index in [-0.39, 0.29) is 17.8 Å². The van der Waals surface area contributed by atoms with E-state index in [1.165, 1.54) is 32.2 Å². The molecule has 0 heterocycles. The molecular weight excluding hydrogens is 334 g/mol. The highest BCUT2D eigenvalue weighted by atomic mass is 16.3. The molecule has 1 aromatic rings. The van der Waals surface area contributed by atoms with Crippen molar-refractivity contribution in [3.63, 3.8) is 0 Å². The lowest BCUT2D eigenvalue weighted by Gasteiger charge is -2.18. The van der Waals surface area contributed by atoms with Crippen molar-refractivity contribution < 1.29 is 9.90 Å². The second-order valence-corrected chi connectivity index (χ2v) is 8.44. The molecule has 27 heavy (non-hydrogen) atoms. The van der Waals surface area contributed by atoms with Crippen LogP contribution >= 0.6 is 0 Å². The predicted octanol–water partition coefficient (Wildman–Crippen LogP) is 4.49. The van der Waals surface area contributed by atoms with Gasteiger partial charge in [0.15, 0.2) is 5.78 Å². The van der Waals surface area contributed by atoms with Crippen LogP contribution in [0.5, 0.6) is 0 Å². The van der Waals surface area contributed by atoms with Gasteiger partial charge in [0.25, 0.3) is 0 Å². The summed E-state index contributed by atoms with van der Waals surface area (Å²) >= 11 is 0. The number of hydrogen-bond acceptors (Lipinski definition) is 3. The number of unbranched alkanes of at least 4 members (excludes halogenated alkanes) is 2. The van der Waals surface area contributed by atoms with Crippen LogP contribution in [0.15, 0.2) is 54.1 Å². The molecule has 3 heteroatoms. The molecule has 1 aromatic carbocycles. The Bertz CT molecular complexity index is 677. The van der Waals surface area contributed by atoms with Gasteiger partial charge >= 0.3 is 0 Å². The van der Waals surface area contributed by atoms with E-state index in [0.717, 1.165) is 12.8 Å². The lowest BCUT2D eigenvalue weighted by Crippen LogP contribution is -2.17. The van der Waals surface area contributed by atoms with Crippen LogP contribution in [0.3, 0.4) is 0 Å². The summed E-state index contributed by atoms with van der Waals surface area (Å²) in [5.41, 5.74) is 2.27. The number of aliphatic hydroxyl groups is 1. The van der Waals surface area contributed by atoms with Gasteiger partial charge in [0.05, 0.1) is 6.10 Å². The number of ketones is 1. The molecule has 3 rings (SSSR count). The van der Waals surface area contributed by atoms with Gasteiger partial charge in [0, 0.05) is 11.5 Å². The molecule has 146 valence electrons. The van der Waals surface area contributed by atoms with Gasteiger partial charge in [0.1, 0.15) is 0 Å². The maximum absolute atomic E-state index is 12.3. The van der Waals surface area contributed by atoms with Gasteiger partial charge in [-0.1, -0.05) is 54.5 Å². The average Bonchev–Trinajstić information content (AvgIpc) is 3.16. The smallest absolute Gasteiger partial charge is 0.185 e. The van der Waals surface area contributed by atoms with E-state index in [2.05, 4.69) is 25.1 Å².